The van der Waals surface area contributed by atoms with Crippen molar-refractivity contribution in [2.24, 2.45) is 10.9 Å². The van der Waals surface area contributed by atoms with Gasteiger partial charge in [0.05, 0.1) is 35.0 Å². The van der Waals surface area contributed by atoms with Gasteiger partial charge in [0.25, 0.3) is 5.56 Å². The number of fused-ring (bicyclic) bond motifs is 2. The summed E-state index contributed by atoms with van der Waals surface area (Å²) >= 11 is 1.68. The summed E-state index contributed by atoms with van der Waals surface area (Å²) < 4.78 is 1.21. The smallest absolute Gasteiger partial charge is 0.261 e. The van der Waals surface area contributed by atoms with E-state index in [1.807, 2.05) is 19.1 Å². The molecule has 3 heterocycles. The number of imidazole rings is 1. The summed E-state index contributed by atoms with van der Waals surface area (Å²) in [6.45, 7) is 1.81. The number of benzene rings is 2. The van der Waals surface area contributed by atoms with E-state index >= 15 is 0 Å². The molecule has 0 aliphatic heterocycles. The third-order valence-electron chi connectivity index (χ3n) is 5.78. The van der Waals surface area contributed by atoms with E-state index in [0.717, 1.165) is 5.56 Å². The number of hydrogen-bond acceptors (Lipinski definition) is 6. The van der Waals surface area contributed by atoms with E-state index in [1.165, 1.54) is 15.6 Å². The Kier molecular flexibility index (Phi) is 5.80. The normalized spacial score (nSPS) is 12.5. The van der Waals surface area contributed by atoms with Crippen LogP contribution in [0.15, 0.2) is 63.8 Å². The molecule has 168 valence electrons. The average molecular weight is 468 g/mol. The lowest BCUT2D eigenvalue weighted by Crippen LogP contribution is -2.12. The first-order valence-corrected chi connectivity index (χ1v) is 11.7. The average Bonchev–Trinajstić information content (AvgIpc) is 3.46. The van der Waals surface area contributed by atoms with Crippen LogP contribution in [0.5, 0.6) is 0 Å². The van der Waals surface area contributed by atoms with E-state index in [4.69, 9.17) is 0 Å². The minimum atomic E-state index is -0.323. The van der Waals surface area contributed by atoms with Crippen molar-refractivity contribution >= 4 is 44.4 Å². The molecule has 5 rings (SSSR count). The molecule has 1 unspecified atom stereocenters. The second-order valence-corrected chi connectivity index (χ2v) is 9.05. The summed E-state index contributed by atoms with van der Waals surface area (Å²) in [5.74, 6) is 0.174. The van der Waals surface area contributed by atoms with Gasteiger partial charge in [-0.05, 0) is 59.5 Å². The number of H-pyrrole nitrogens is 2. The van der Waals surface area contributed by atoms with Crippen molar-refractivity contribution in [3.8, 4) is 17.5 Å². The highest BCUT2D eigenvalue weighted by atomic mass is 32.1. The van der Waals surface area contributed by atoms with Gasteiger partial charge in [0.2, 0.25) is 0 Å². The van der Waals surface area contributed by atoms with Gasteiger partial charge in [0, 0.05) is 23.0 Å². The van der Waals surface area contributed by atoms with Gasteiger partial charge in [-0.3, -0.25) is 9.79 Å². The summed E-state index contributed by atoms with van der Waals surface area (Å²) in [6, 6.07) is 15.5. The second-order valence-electron chi connectivity index (χ2n) is 8.14. The molecule has 0 saturated carbocycles. The number of aliphatic hydroxyl groups is 1. The minimum Gasteiger partial charge on any atom is -0.396 e. The van der Waals surface area contributed by atoms with Gasteiger partial charge in [-0.25, -0.2) is 4.98 Å². The molecule has 0 fully saturated rings. The van der Waals surface area contributed by atoms with E-state index in [0.29, 0.717) is 40.1 Å². The topological polar surface area (TPSA) is 118 Å². The Morgan fingerprint density at radius 2 is 2.15 bits per heavy atom. The van der Waals surface area contributed by atoms with Gasteiger partial charge in [-0.15, -0.1) is 11.3 Å². The van der Waals surface area contributed by atoms with Gasteiger partial charge in [-0.2, -0.15) is 5.26 Å². The molecule has 1 atom stereocenters. The summed E-state index contributed by atoms with van der Waals surface area (Å²) in [7, 11) is 0. The highest BCUT2D eigenvalue weighted by Gasteiger charge is 2.16. The van der Waals surface area contributed by atoms with Crippen LogP contribution in [0.1, 0.15) is 16.7 Å². The zero-order valence-electron chi connectivity index (χ0n) is 18.4. The summed E-state index contributed by atoms with van der Waals surface area (Å²) in [6.07, 6.45) is 3.89. The molecular weight excluding hydrogens is 446 g/mol. The molecule has 8 heteroatoms. The highest BCUT2D eigenvalue weighted by Crippen LogP contribution is 2.29. The number of thiophene rings is 1. The lowest BCUT2D eigenvalue weighted by atomic mass is 10.0. The Morgan fingerprint density at radius 1 is 1.29 bits per heavy atom. The molecule has 5 aromatic rings. The Bertz CT molecular complexity index is 1640. The molecule has 0 bridgehead atoms. The molecule has 3 aromatic heterocycles. The molecule has 0 aliphatic rings. The number of nitrogens with zero attached hydrogens (tertiary/aromatic N) is 3. The monoisotopic (exact) mass is 467 g/mol. The molecule has 0 spiro atoms. The van der Waals surface area contributed by atoms with Crippen molar-refractivity contribution in [3.63, 3.8) is 0 Å². The number of aliphatic imine (C=N–C) groups is 1. The van der Waals surface area contributed by atoms with Crippen molar-refractivity contribution in [2.45, 2.75) is 13.3 Å². The number of nitriles is 1. The lowest BCUT2D eigenvalue weighted by molar-refractivity contribution is 0.263. The summed E-state index contributed by atoms with van der Waals surface area (Å²) in [5, 5.41) is 22.5. The second kappa shape index (κ2) is 9.06. The largest absolute Gasteiger partial charge is 0.396 e. The van der Waals surface area contributed by atoms with Crippen molar-refractivity contribution < 1.29 is 5.11 Å². The molecule has 0 saturated heterocycles. The Labute approximate surface area is 199 Å². The Hall–Kier alpha value is -4.06. The van der Waals surface area contributed by atoms with Gasteiger partial charge < -0.3 is 15.1 Å². The fourth-order valence-corrected chi connectivity index (χ4v) is 5.08. The van der Waals surface area contributed by atoms with Crippen LogP contribution in [0.25, 0.3) is 32.5 Å². The van der Waals surface area contributed by atoms with Crippen LogP contribution in [0.2, 0.25) is 0 Å². The zero-order valence-corrected chi connectivity index (χ0v) is 19.2. The Morgan fingerprint density at radius 3 is 2.97 bits per heavy atom. The van der Waals surface area contributed by atoms with Crippen LogP contribution in [0.4, 0.5) is 5.69 Å². The van der Waals surface area contributed by atoms with E-state index in [-0.39, 0.29) is 18.1 Å². The van der Waals surface area contributed by atoms with E-state index in [9.17, 15) is 15.2 Å². The van der Waals surface area contributed by atoms with Crippen molar-refractivity contribution in [3.05, 3.63) is 81.1 Å². The fourth-order valence-electron chi connectivity index (χ4n) is 4.10. The standard InChI is InChI=1S/C26H21N5O2S/c1-15-8-16(11-27)10-21-24(15)31-25(30-21)23-20(6-7-28-26(23)33)29-12-17(13-32)9-18-14-34-22-5-3-2-4-19(18)22/h2-8,10,12,14,17,32H,9,13H2,1H3,(H,28,33)(H,30,31). The molecule has 0 radical (unpaired) electrons. The van der Waals surface area contributed by atoms with E-state index in [1.54, 1.807) is 41.9 Å². The number of nitrogens with one attached hydrogen (secondary N) is 2. The first-order valence-electron chi connectivity index (χ1n) is 10.8. The van der Waals surface area contributed by atoms with Gasteiger partial charge >= 0.3 is 0 Å². The number of aromatic nitrogens is 3. The first-order chi connectivity index (χ1) is 16.6. The number of pyridine rings is 1. The predicted octanol–water partition coefficient (Wildman–Crippen LogP) is 4.87. The summed E-state index contributed by atoms with van der Waals surface area (Å²) in [4.78, 5) is 27.8. The highest BCUT2D eigenvalue weighted by molar-refractivity contribution is 7.17. The number of aromatic amines is 2. The number of aliphatic hydroxyl groups excluding tert-OH is 1. The molecule has 7 nitrogen and oxygen atoms in total. The fraction of sp³-hybridized carbons (Fsp3) is 0.154. The molecule has 3 N–H and O–H groups in total. The molecule has 2 aromatic carbocycles. The number of rotatable bonds is 6. The molecular formula is C26H21N5O2S. The van der Waals surface area contributed by atoms with E-state index < -0.39 is 0 Å². The zero-order chi connectivity index (χ0) is 23.7. The van der Waals surface area contributed by atoms with Crippen molar-refractivity contribution in [2.75, 3.05) is 6.61 Å². The van der Waals surface area contributed by atoms with Gasteiger partial charge in [0.1, 0.15) is 11.4 Å². The summed E-state index contributed by atoms with van der Waals surface area (Å²) in [5.41, 5.74) is 4.35. The van der Waals surface area contributed by atoms with Crippen LogP contribution in [0.3, 0.4) is 0 Å². The molecule has 34 heavy (non-hydrogen) atoms. The van der Waals surface area contributed by atoms with Crippen molar-refractivity contribution in [1.82, 2.24) is 15.0 Å². The van der Waals surface area contributed by atoms with Crippen LogP contribution in [-0.4, -0.2) is 32.9 Å². The predicted molar refractivity (Wildman–Crippen MR) is 136 cm³/mol. The maximum Gasteiger partial charge on any atom is 0.261 e. The van der Waals surface area contributed by atoms with Crippen molar-refractivity contribution in [1.29, 1.82) is 5.26 Å². The SMILES string of the molecule is Cc1cc(C#N)cc2[nH]c(-c3c(N=CC(CO)Cc4csc5ccccc45)cc[nH]c3=O)nc12. The van der Waals surface area contributed by atoms with Gasteiger partial charge in [-0.1, -0.05) is 18.2 Å². The Balaban J connectivity index is 1.50. The van der Waals surface area contributed by atoms with Crippen LogP contribution in [0, 0.1) is 24.2 Å². The minimum absolute atomic E-state index is 0.0625. The lowest BCUT2D eigenvalue weighted by Gasteiger charge is -2.09. The van der Waals surface area contributed by atoms with Crippen LogP contribution in [-0.2, 0) is 6.42 Å². The molecule has 0 amide bonds. The van der Waals surface area contributed by atoms with Crippen LogP contribution >= 0.6 is 11.3 Å². The van der Waals surface area contributed by atoms with Crippen LogP contribution < -0.4 is 5.56 Å². The third kappa shape index (κ3) is 4.03. The third-order valence-corrected chi connectivity index (χ3v) is 6.80. The molecule has 0 aliphatic carbocycles. The first kappa shape index (κ1) is 21.8. The van der Waals surface area contributed by atoms with Gasteiger partial charge in [0.15, 0.2) is 0 Å². The maximum atomic E-state index is 12.8. The number of hydrogen-bond donors (Lipinski definition) is 3. The maximum absolute atomic E-state index is 12.8. The quantitative estimate of drug-likeness (QED) is 0.309. The number of aryl methyl sites for hydroxylation is 1. The van der Waals surface area contributed by atoms with E-state index in [2.05, 4.69) is 43.5 Å².